The van der Waals surface area contributed by atoms with Crippen LogP contribution in [-0.2, 0) is 0 Å². The third-order valence-electron chi connectivity index (χ3n) is 5.24. The van der Waals surface area contributed by atoms with E-state index in [2.05, 4.69) is 10.2 Å². The van der Waals surface area contributed by atoms with Gasteiger partial charge >= 0.3 is 0 Å². The summed E-state index contributed by atoms with van der Waals surface area (Å²) in [4.78, 5) is 28.9. The maximum Gasteiger partial charge on any atom is 0.255 e. The van der Waals surface area contributed by atoms with E-state index in [0.29, 0.717) is 48.0 Å². The molecule has 0 aromatic heterocycles. The summed E-state index contributed by atoms with van der Waals surface area (Å²) in [6.45, 7) is 2.54. The molecule has 5 nitrogen and oxygen atoms in total. The van der Waals surface area contributed by atoms with Crippen LogP contribution in [0, 0.1) is 5.82 Å². The Morgan fingerprint density at radius 2 is 1.52 bits per heavy atom. The fraction of sp³-hybridized carbons (Fsp3) is 0.167. The van der Waals surface area contributed by atoms with Crippen LogP contribution < -0.4 is 10.2 Å². The van der Waals surface area contributed by atoms with Gasteiger partial charge in [-0.1, -0.05) is 29.8 Å². The molecule has 0 atom stereocenters. The van der Waals surface area contributed by atoms with Gasteiger partial charge in [0.2, 0.25) is 0 Å². The standard InChI is InChI=1S/C24H21ClFN3O2/c25-21-16-20(27-23(30)17-6-8-19(26)9-7-17)10-11-22(21)28-12-14-29(15-13-28)24(31)18-4-2-1-3-5-18/h1-11,16H,12-15H2,(H,27,30). The first-order chi connectivity index (χ1) is 15.0. The Balaban J connectivity index is 1.38. The van der Waals surface area contributed by atoms with E-state index >= 15 is 0 Å². The Morgan fingerprint density at radius 1 is 0.839 bits per heavy atom. The summed E-state index contributed by atoms with van der Waals surface area (Å²) in [5.41, 5.74) is 2.46. The lowest BCUT2D eigenvalue weighted by Gasteiger charge is -2.36. The predicted octanol–water partition coefficient (Wildman–Crippen LogP) is 4.69. The van der Waals surface area contributed by atoms with Crippen LogP contribution in [0.1, 0.15) is 20.7 Å². The minimum Gasteiger partial charge on any atom is -0.367 e. The van der Waals surface area contributed by atoms with Crippen LogP contribution in [0.15, 0.2) is 72.8 Å². The van der Waals surface area contributed by atoms with Gasteiger partial charge in [-0.25, -0.2) is 4.39 Å². The largest absolute Gasteiger partial charge is 0.367 e. The van der Waals surface area contributed by atoms with Gasteiger partial charge in [0.1, 0.15) is 5.82 Å². The first-order valence-corrected chi connectivity index (χ1v) is 10.3. The molecule has 3 aromatic rings. The highest BCUT2D eigenvalue weighted by Gasteiger charge is 2.23. The lowest BCUT2D eigenvalue weighted by Crippen LogP contribution is -2.48. The number of benzene rings is 3. The fourth-order valence-electron chi connectivity index (χ4n) is 3.56. The fourth-order valence-corrected chi connectivity index (χ4v) is 3.86. The molecule has 0 radical (unpaired) electrons. The van der Waals surface area contributed by atoms with E-state index in [-0.39, 0.29) is 11.8 Å². The summed E-state index contributed by atoms with van der Waals surface area (Å²) in [6, 6.07) is 19.9. The number of hydrogen-bond acceptors (Lipinski definition) is 3. The molecule has 0 saturated carbocycles. The summed E-state index contributed by atoms with van der Waals surface area (Å²) in [7, 11) is 0. The zero-order chi connectivity index (χ0) is 21.8. The van der Waals surface area contributed by atoms with Crippen LogP contribution in [0.4, 0.5) is 15.8 Å². The molecule has 158 valence electrons. The molecule has 1 heterocycles. The van der Waals surface area contributed by atoms with Crippen molar-refractivity contribution in [1.29, 1.82) is 0 Å². The van der Waals surface area contributed by atoms with E-state index in [4.69, 9.17) is 11.6 Å². The molecule has 3 aromatic carbocycles. The number of nitrogens with zero attached hydrogens (tertiary/aromatic N) is 2. The molecule has 1 aliphatic heterocycles. The van der Waals surface area contributed by atoms with E-state index in [1.54, 1.807) is 12.1 Å². The Hall–Kier alpha value is -3.38. The van der Waals surface area contributed by atoms with Gasteiger partial charge in [0, 0.05) is 43.0 Å². The second kappa shape index (κ2) is 9.18. The van der Waals surface area contributed by atoms with Crippen molar-refractivity contribution in [2.75, 3.05) is 36.4 Å². The monoisotopic (exact) mass is 437 g/mol. The number of halogens is 2. The van der Waals surface area contributed by atoms with Crippen LogP contribution in [0.3, 0.4) is 0 Å². The Labute approximate surface area is 185 Å². The van der Waals surface area contributed by atoms with Crippen molar-refractivity contribution in [2.24, 2.45) is 0 Å². The molecule has 1 N–H and O–H groups in total. The van der Waals surface area contributed by atoms with Crippen LogP contribution in [0.25, 0.3) is 0 Å². The molecule has 1 fully saturated rings. The number of hydrogen-bond donors (Lipinski definition) is 1. The summed E-state index contributed by atoms with van der Waals surface area (Å²) >= 11 is 6.48. The van der Waals surface area contributed by atoms with Gasteiger partial charge in [-0.15, -0.1) is 0 Å². The molecule has 0 aliphatic carbocycles. The Kier molecular flexibility index (Phi) is 6.18. The summed E-state index contributed by atoms with van der Waals surface area (Å²) in [5.74, 6) is -0.698. The number of piperazine rings is 1. The molecule has 2 amide bonds. The van der Waals surface area contributed by atoms with Crippen molar-refractivity contribution < 1.29 is 14.0 Å². The SMILES string of the molecule is O=C(Nc1ccc(N2CCN(C(=O)c3ccccc3)CC2)c(Cl)c1)c1ccc(F)cc1. The van der Waals surface area contributed by atoms with Crippen molar-refractivity contribution >= 4 is 34.8 Å². The van der Waals surface area contributed by atoms with Crippen molar-refractivity contribution in [3.8, 4) is 0 Å². The predicted molar refractivity (Wildman–Crippen MR) is 120 cm³/mol. The van der Waals surface area contributed by atoms with Crippen LogP contribution in [-0.4, -0.2) is 42.9 Å². The molecule has 31 heavy (non-hydrogen) atoms. The van der Waals surface area contributed by atoms with Gasteiger partial charge < -0.3 is 15.1 Å². The minimum absolute atomic E-state index is 0.0326. The molecule has 1 aliphatic rings. The maximum atomic E-state index is 13.0. The number of anilines is 2. The first-order valence-electron chi connectivity index (χ1n) is 9.97. The lowest BCUT2D eigenvalue weighted by atomic mass is 10.1. The number of carbonyl (C=O) groups is 2. The zero-order valence-electron chi connectivity index (χ0n) is 16.7. The highest BCUT2D eigenvalue weighted by atomic mass is 35.5. The first kappa shape index (κ1) is 20.9. The second-order valence-electron chi connectivity index (χ2n) is 7.27. The van der Waals surface area contributed by atoms with Gasteiger partial charge in [-0.05, 0) is 54.6 Å². The number of carbonyl (C=O) groups excluding carboxylic acids is 2. The lowest BCUT2D eigenvalue weighted by molar-refractivity contribution is 0.0746. The average Bonchev–Trinajstić information content (AvgIpc) is 2.80. The quantitative estimate of drug-likeness (QED) is 0.644. The van der Waals surface area contributed by atoms with Gasteiger partial charge in [0.05, 0.1) is 10.7 Å². The molecular formula is C24H21ClFN3O2. The summed E-state index contributed by atoms with van der Waals surface area (Å²) in [5, 5.41) is 3.29. The number of nitrogens with one attached hydrogen (secondary N) is 1. The third-order valence-corrected chi connectivity index (χ3v) is 5.54. The van der Waals surface area contributed by atoms with Gasteiger partial charge in [0.25, 0.3) is 11.8 Å². The highest BCUT2D eigenvalue weighted by molar-refractivity contribution is 6.33. The highest BCUT2D eigenvalue weighted by Crippen LogP contribution is 2.30. The second-order valence-corrected chi connectivity index (χ2v) is 7.68. The maximum absolute atomic E-state index is 13.0. The molecule has 1 saturated heterocycles. The normalized spacial score (nSPS) is 13.7. The Morgan fingerprint density at radius 3 is 2.16 bits per heavy atom. The van der Waals surface area contributed by atoms with Crippen LogP contribution >= 0.6 is 11.6 Å². The van der Waals surface area contributed by atoms with Crippen molar-refractivity contribution in [3.05, 3.63) is 94.8 Å². The summed E-state index contributed by atoms with van der Waals surface area (Å²) in [6.07, 6.45) is 0. The zero-order valence-corrected chi connectivity index (χ0v) is 17.5. The molecule has 0 unspecified atom stereocenters. The smallest absolute Gasteiger partial charge is 0.255 e. The number of amides is 2. The van der Waals surface area contributed by atoms with Gasteiger partial charge in [-0.3, -0.25) is 9.59 Å². The summed E-state index contributed by atoms with van der Waals surface area (Å²) < 4.78 is 13.0. The van der Waals surface area contributed by atoms with E-state index in [1.165, 1.54) is 24.3 Å². The van der Waals surface area contributed by atoms with E-state index in [9.17, 15) is 14.0 Å². The van der Waals surface area contributed by atoms with E-state index in [0.717, 1.165) is 5.69 Å². The van der Waals surface area contributed by atoms with Gasteiger partial charge in [-0.2, -0.15) is 0 Å². The third kappa shape index (κ3) is 4.86. The number of rotatable bonds is 4. The molecule has 4 rings (SSSR count). The van der Waals surface area contributed by atoms with Crippen molar-refractivity contribution in [3.63, 3.8) is 0 Å². The minimum atomic E-state index is -0.394. The van der Waals surface area contributed by atoms with Crippen LogP contribution in [0.5, 0.6) is 0 Å². The topological polar surface area (TPSA) is 52.7 Å². The van der Waals surface area contributed by atoms with Crippen molar-refractivity contribution in [2.45, 2.75) is 0 Å². The molecular weight excluding hydrogens is 417 g/mol. The van der Waals surface area contributed by atoms with Crippen LogP contribution in [0.2, 0.25) is 5.02 Å². The molecule has 7 heteroatoms. The Bertz CT molecular complexity index is 1080. The van der Waals surface area contributed by atoms with E-state index < -0.39 is 5.82 Å². The average molecular weight is 438 g/mol. The van der Waals surface area contributed by atoms with Gasteiger partial charge in [0.15, 0.2) is 0 Å². The molecule has 0 bridgehead atoms. The van der Waals surface area contributed by atoms with E-state index in [1.807, 2.05) is 41.3 Å². The van der Waals surface area contributed by atoms with Crippen molar-refractivity contribution in [1.82, 2.24) is 4.90 Å². The molecule has 0 spiro atoms.